The van der Waals surface area contributed by atoms with Gasteiger partial charge in [0.25, 0.3) is 0 Å². The molecule has 0 aliphatic carbocycles. The molecular weight excluding hydrogens is 246 g/mol. The van der Waals surface area contributed by atoms with Crippen LogP contribution in [0.3, 0.4) is 0 Å². The first kappa shape index (κ1) is 18.8. The first-order valence-corrected chi connectivity index (χ1v) is 7.07. The highest BCUT2D eigenvalue weighted by Gasteiger charge is 2.23. The van der Waals surface area contributed by atoms with Crippen molar-refractivity contribution in [2.45, 2.75) is 45.2 Å². The van der Waals surface area contributed by atoms with Crippen molar-refractivity contribution in [1.82, 2.24) is 5.32 Å². The predicted octanol–water partition coefficient (Wildman–Crippen LogP) is 1.20. The molecule has 2 N–H and O–H groups in total. The second-order valence-corrected chi connectivity index (χ2v) is 5.34. The number of aliphatic hydroxyl groups excluding tert-OH is 1. The Morgan fingerprint density at radius 3 is 2.21 bits per heavy atom. The van der Waals surface area contributed by atoms with Crippen molar-refractivity contribution in [2.24, 2.45) is 0 Å². The first-order chi connectivity index (χ1) is 9.04. The smallest absolute Gasteiger partial charge is 0.0700 e. The number of methoxy groups -OCH3 is 1. The summed E-state index contributed by atoms with van der Waals surface area (Å²) in [6.45, 7) is 9.54. The Morgan fingerprint density at radius 2 is 1.68 bits per heavy atom. The summed E-state index contributed by atoms with van der Waals surface area (Å²) in [6.07, 6.45) is 1.70. The molecule has 0 radical (unpaired) electrons. The third-order valence-corrected chi connectivity index (χ3v) is 2.79. The van der Waals surface area contributed by atoms with Crippen molar-refractivity contribution in [3.8, 4) is 0 Å². The lowest BCUT2D eigenvalue weighted by molar-refractivity contribution is 0.0279. The summed E-state index contributed by atoms with van der Waals surface area (Å²) >= 11 is 0. The van der Waals surface area contributed by atoms with Gasteiger partial charge < -0.3 is 24.6 Å². The van der Waals surface area contributed by atoms with E-state index >= 15 is 0 Å². The summed E-state index contributed by atoms with van der Waals surface area (Å²) in [5.74, 6) is 0. The van der Waals surface area contributed by atoms with E-state index in [0.717, 1.165) is 19.4 Å². The fraction of sp³-hybridized carbons (Fsp3) is 1.00. The maximum atomic E-state index is 9.40. The molecule has 0 fully saturated rings. The highest BCUT2D eigenvalue weighted by atomic mass is 16.5. The van der Waals surface area contributed by atoms with E-state index < -0.39 is 0 Å². The van der Waals surface area contributed by atoms with Gasteiger partial charge in [-0.1, -0.05) is 13.8 Å². The Hall–Kier alpha value is -0.200. The SMILES string of the molecule is COCCCOCCOCCC(C)(CO)NC(C)C. The Balaban J connectivity index is 3.46. The van der Waals surface area contributed by atoms with Crippen molar-refractivity contribution < 1.29 is 19.3 Å². The minimum absolute atomic E-state index is 0.113. The molecule has 5 nitrogen and oxygen atoms in total. The van der Waals surface area contributed by atoms with Crippen molar-refractivity contribution in [3.05, 3.63) is 0 Å². The van der Waals surface area contributed by atoms with Gasteiger partial charge in [-0.2, -0.15) is 0 Å². The van der Waals surface area contributed by atoms with Crippen LogP contribution >= 0.6 is 0 Å². The number of aliphatic hydroxyl groups is 1. The normalized spacial score (nSPS) is 14.8. The maximum absolute atomic E-state index is 9.40. The minimum atomic E-state index is -0.270. The summed E-state index contributed by atoms with van der Waals surface area (Å²) in [7, 11) is 1.69. The Bertz CT molecular complexity index is 202. The van der Waals surface area contributed by atoms with Crippen LogP contribution in [0.15, 0.2) is 0 Å². The van der Waals surface area contributed by atoms with Gasteiger partial charge in [0.05, 0.1) is 19.8 Å². The van der Waals surface area contributed by atoms with Crippen molar-refractivity contribution in [1.29, 1.82) is 0 Å². The van der Waals surface area contributed by atoms with Crippen LogP contribution < -0.4 is 5.32 Å². The van der Waals surface area contributed by atoms with E-state index in [4.69, 9.17) is 14.2 Å². The lowest BCUT2D eigenvalue weighted by atomic mass is 9.98. The van der Waals surface area contributed by atoms with Crippen molar-refractivity contribution >= 4 is 0 Å². The molecule has 0 aromatic heterocycles. The summed E-state index contributed by atoms with van der Waals surface area (Å²) in [5, 5.41) is 12.8. The molecule has 0 saturated heterocycles. The second-order valence-electron chi connectivity index (χ2n) is 5.34. The molecule has 19 heavy (non-hydrogen) atoms. The molecule has 1 unspecified atom stereocenters. The standard InChI is InChI=1S/C14H31NO4/c1-13(2)15-14(3,12-16)6-9-19-11-10-18-8-5-7-17-4/h13,15-16H,5-12H2,1-4H3. The largest absolute Gasteiger partial charge is 0.394 e. The molecule has 116 valence electrons. The zero-order valence-electron chi connectivity index (χ0n) is 12.9. The van der Waals surface area contributed by atoms with E-state index in [1.54, 1.807) is 7.11 Å². The van der Waals surface area contributed by atoms with Crippen LogP contribution in [0.4, 0.5) is 0 Å². The van der Waals surface area contributed by atoms with Crippen LogP contribution in [0.1, 0.15) is 33.6 Å². The second kappa shape index (κ2) is 11.6. The van der Waals surface area contributed by atoms with Crippen molar-refractivity contribution in [2.75, 3.05) is 46.8 Å². The molecule has 0 bridgehead atoms. The van der Waals surface area contributed by atoms with Crippen LogP contribution in [0.25, 0.3) is 0 Å². The summed E-state index contributed by atoms with van der Waals surface area (Å²) < 4.78 is 15.8. The fourth-order valence-electron chi connectivity index (χ4n) is 1.82. The van der Waals surface area contributed by atoms with Gasteiger partial charge >= 0.3 is 0 Å². The molecule has 0 amide bonds. The number of nitrogens with one attached hydrogen (secondary N) is 1. The highest BCUT2D eigenvalue weighted by molar-refractivity contribution is 4.83. The topological polar surface area (TPSA) is 60.0 Å². The van der Waals surface area contributed by atoms with Crippen LogP contribution in [-0.4, -0.2) is 63.4 Å². The maximum Gasteiger partial charge on any atom is 0.0700 e. The van der Waals surface area contributed by atoms with Crippen LogP contribution in [0, 0.1) is 0 Å². The molecule has 1 atom stereocenters. The summed E-state index contributed by atoms with van der Waals surface area (Å²) in [4.78, 5) is 0. The molecule has 0 rings (SSSR count). The van der Waals surface area contributed by atoms with Gasteiger partial charge in [0.2, 0.25) is 0 Å². The van der Waals surface area contributed by atoms with E-state index in [2.05, 4.69) is 19.2 Å². The van der Waals surface area contributed by atoms with Crippen LogP contribution in [0.5, 0.6) is 0 Å². The van der Waals surface area contributed by atoms with Gasteiger partial charge in [-0.05, 0) is 19.8 Å². The number of hydrogen-bond donors (Lipinski definition) is 2. The average molecular weight is 277 g/mol. The lowest BCUT2D eigenvalue weighted by Gasteiger charge is -2.31. The van der Waals surface area contributed by atoms with Gasteiger partial charge in [0.1, 0.15) is 0 Å². The van der Waals surface area contributed by atoms with Gasteiger partial charge in [-0.15, -0.1) is 0 Å². The van der Waals surface area contributed by atoms with Gasteiger partial charge in [0.15, 0.2) is 0 Å². The molecule has 0 spiro atoms. The third-order valence-electron chi connectivity index (χ3n) is 2.79. The van der Waals surface area contributed by atoms with E-state index in [1.165, 1.54) is 0 Å². The molecule has 0 aliphatic heterocycles. The lowest BCUT2D eigenvalue weighted by Crippen LogP contribution is -2.49. The van der Waals surface area contributed by atoms with E-state index in [0.29, 0.717) is 32.5 Å². The Labute approximate surface area is 117 Å². The Morgan fingerprint density at radius 1 is 1.05 bits per heavy atom. The molecular formula is C14H31NO4. The van der Waals surface area contributed by atoms with Crippen LogP contribution in [0.2, 0.25) is 0 Å². The monoisotopic (exact) mass is 277 g/mol. The quantitative estimate of drug-likeness (QED) is 0.495. The molecule has 0 aromatic carbocycles. The molecule has 0 saturated carbocycles. The average Bonchev–Trinajstić information content (AvgIpc) is 2.36. The zero-order valence-corrected chi connectivity index (χ0v) is 12.9. The molecule has 0 aromatic rings. The van der Waals surface area contributed by atoms with Gasteiger partial charge in [0, 0.05) is 38.5 Å². The zero-order chi connectivity index (χ0) is 14.6. The summed E-state index contributed by atoms with van der Waals surface area (Å²) in [5.41, 5.74) is -0.270. The fourth-order valence-corrected chi connectivity index (χ4v) is 1.82. The van der Waals surface area contributed by atoms with Crippen LogP contribution in [-0.2, 0) is 14.2 Å². The molecule has 0 heterocycles. The van der Waals surface area contributed by atoms with Crippen molar-refractivity contribution in [3.63, 3.8) is 0 Å². The summed E-state index contributed by atoms with van der Waals surface area (Å²) in [6, 6.07) is 0.348. The molecule has 0 aliphatic rings. The highest BCUT2D eigenvalue weighted by Crippen LogP contribution is 2.10. The number of rotatable bonds is 13. The molecule has 5 heteroatoms. The first-order valence-electron chi connectivity index (χ1n) is 7.07. The van der Waals surface area contributed by atoms with E-state index in [-0.39, 0.29) is 12.1 Å². The van der Waals surface area contributed by atoms with E-state index in [9.17, 15) is 5.11 Å². The van der Waals surface area contributed by atoms with E-state index in [1.807, 2.05) is 6.92 Å². The predicted molar refractivity (Wildman–Crippen MR) is 76.5 cm³/mol. The minimum Gasteiger partial charge on any atom is -0.394 e. The Kier molecular flexibility index (Phi) is 11.5. The number of ether oxygens (including phenoxy) is 3. The number of hydrogen-bond acceptors (Lipinski definition) is 5. The van der Waals surface area contributed by atoms with Gasteiger partial charge in [-0.25, -0.2) is 0 Å². The van der Waals surface area contributed by atoms with Gasteiger partial charge in [-0.3, -0.25) is 0 Å². The third kappa shape index (κ3) is 11.3.